The number of hydrogen-bond acceptors (Lipinski definition) is 2. The molecule has 68 valence electrons. The highest BCUT2D eigenvalue weighted by atomic mass is 31.1. The van der Waals surface area contributed by atoms with Crippen LogP contribution in [-0.4, -0.2) is 11.5 Å². The van der Waals surface area contributed by atoms with E-state index in [4.69, 9.17) is 9.42 Å². The Morgan fingerprint density at radius 1 is 1.09 bits per heavy atom. The van der Waals surface area contributed by atoms with Crippen LogP contribution in [0.2, 0.25) is 0 Å². The highest BCUT2D eigenvalue weighted by Crippen LogP contribution is 2.08. The van der Waals surface area contributed by atoms with Crippen LogP contribution in [0.5, 0.6) is 0 Å². The van der Waals surface area contributed by atoms with Crippen LogP contribution < -0.4 is 0 Å². The lowest BCUT2D eigenvalue weighted by atomic mass is 10.1. The molecule has 0 saturated heterocycles. The van der Waals surface area contributed by atoms with Crippen LogP contribution in [-0.2, 0) is 4.52 Å². The molecule has 1 atom stereocenters. The van der Waals surface area contributed by atoms with Crippen molar-refractivity contribution in [3.63, 3.8) is 0 Å². The number of rotatable bonds is 8. The molecular formula is C8H19O2P. The largest absolute Gasteiger partial charge is 0.352 e. The maximum atomic E-state index is 8.31. The minimum Gasteiger partial charge on any atom is -0.352 e. The first-order chi connectivity index (χ1) is 5.41. The Bertz CT molecular complexity index is 61.1. The molecule has 0 radical (unpaired) electrons. The van der Waals surface area contributed by atoms with E-state index < -0.39 is 0 Å². The van der Waals surface area contributed by atoms with Crippen LogP contribution in [0, 0.1) is 0 Å². The third kappa shape index (κ3) is 10.4. The van der Waals surface area contributed by atoms with Gasteiger partial charge in [0.2, 0.25) is 0 Å². The third-order valence-electron chi connectivity index (χ3n) is 1.66. The molecule has 3 heteroatoms. The highest BCUT2D eigenvalue weighted by molar-refractivity contribution is 7.24. The van der Waals surface area contributed by atoms with Gasteiger partial charge in [0.25, 0.3) is 0 Å². The second kappa shape index (κ2) is 10.3. The fourth-order valence-electron chi connectivity index (χ4n) is 1.00. The van der Waals surface area contributed by atoms with Gasteiger partial charge < -0.3 is 9.42 Å². The molecule has 0 aromatic carbocycles. The first-order valence-electron chi connectivity index (χ1n) is 4.42. The monoisotopic (exact) mass is 178 g/mol. The van der Waals surface area contributed by atoms with Gasteiger partial charge in [0.15, 0.2) is 9.03 Å². The van der Waals surface area contributed by atoms with E-state index in [0.717, 1.165) is 13.0 Å². The molecule has 0 bridgehead atoms. The Balaban J connectivity index is 2.69. The molecule has 1 unspecified atom stereocenters. The molecule has 0 fully saturated rings. The van der Waals surface area contributed by atoms with Crippen molar-refractivity contribution in [2.24, 2.45) is 0 Å². The van der Waals surface area contributed by atoms with Crippen molar-refractivity contribution in [3.8, 4) is 0 Å². The highest BCUT2D eigenvalue weighted by Gasteiger charge is 1.89. The lowest BCUT2D eigenvalue weighted by Gasteiger charge is -1.99. The van der Waals surface area contributed by atoms with E-state index >= 15 is 0 Å². The van der Waals surface area contributed by atoms with Crippen molar-refractivity contribution in [1.82, 2.24) is 0 Å². The average molecular weight is 178 g/mol. The van der Waals surface area contributed by atoms with Crippen molar-refractivity contribution in [1.29, 1.82) is 0 Å². The number of unbranched alkanes of at least 4 members (excludes halogenated alkanes) is 5. The van der Waals surface area contributed by atoms with E-state index in [-0.39, 0.29) is 9.03 Å². The second-order valence-electron chi connectivity index (χ2n) is 2.71. The van der Waals surface area contributed by atoms with Gasteiger partial charge in [0, 0.05) is 0 Å². The fraction of sp³-hybridized carbons (Fsp3) is 1.00. The van der Waals surface area contributed by atoms with Crippen molar-refractivity contribution in [3.05, 3.63) is 0 Å². The van der Waals surface area contributed by atoms with Crippen LogP contribution in [0.1, 0.15) is 45.4 Å². The molecule has 0 aliphatic rings. The summed E-state index contributed by atoms with van der Waals surface area (Å²) in [6.45, 7) is 2.94. The lowest BCUT2D eigenvalue weighted by Crippen LogP contribution is -1.85. The molecule has 0 saturated carbocycles. The van der Waals surface area contributed by atoms with Gasteiger partial charge in [-0.15, -0.1) is 0 Å². The summed E-state index contributed by atoms with van der Waals surface area (Å²) in [7, 11) is -0.330. The van der Waals surface area contributed by atoms with Gasteiger partial charge in [-0.05, 0) is 6.42 Å². The summed E-state index contributed by atoms with van der Waals surface area (Å²) in [5.74, 6) is 0. The molecule has 2 nitrogen and oxygen atoms in total. The van der Waals surface area contributed by atoms with E-state index in [1.807, 2.05) is 0 Å². The Hall–Kier alpha value is 0.350. The van der Waals surface area contributed by atoms with Gasteiger partial charge in [0.05, 0.1) is 6.61 Å². The van der Waals surface area contributed by atoms with Crippen LogP contribution in [0.25, 0.3) is 0 Å². The fourth-order valence-corrected chi connectivity index (χ4v) is 1.24. The normalized spacial score (nSPS) is 11.5. The van der Waals surface area contributed by atoms with Crippen LogP contribution in [0.3, 0.4) is 0 Å². The summed E-state index contributed by atoms with van der Waals surface area (Å²) in [5, 5.41) is 0. The van der Waals surface area contributed by atoms with Crippen molar-refractivity contribution in [2.45, 2.75) is 45.4 Å². The van der Waals surface area contributed by atoms with Gasteiger partial charge in [-0.1, -0.05) is 39.0 Å². The zero-order chi connectivity index (χ0) is 8.36. The molecule has 0 spiro atoms. The first-order valence-corrected chi connectivity index (χ1v) is 5.28. The summed E-state index contributed by atoms with van der Waals surface area (Å²) in [6.07, 6.45) is 7.64. The Labute approximate surface area is 71.3 Å². The Morgan fingerprint density at radius 2 is 1.73 bits per heavy atom. The predicted molar refractivity (Wildman–Crippen MR) is 49.9 cm³/mol. The molecule has 11 heavy (non-hydrogen) atoms. The molecule has 0 rings (SSSR count). The molecule has 0 amide bonds. The minimum absolute atomic E-state index is 0.330. The SMILES string of the molecule is CCCCCCCCOPO. The van der Waals surface area contributed by atoms with E-state index in [2.05, 4.69) is 6.92 Å². The van der Waals surface area contributed by atoms with E-state index in [0.29, 0.717) is 0 Å². The molecule has 0 aliphatic heterocycles. The molecule has 1 N–H and O–H groups in total. The summed E-state index contributed by atoms with van der Waals surface area (Å²) in [5.41, 5.74) is 0. The topological polar surface area (TPSA) is 29.5 Å². The second-order valence-corrected chi connectivity index (χ2v) is 3.18. The zero-order valence-electron chi connectivity index (χ0n) is 7.31. The van der Waals surface area contributed by atoms with Crippen molar-refractivity contribution >= 4 is 9.03 Å². The predicted octanol–water partition coefficient (Wildman–Crippen LogP) is 2.86. The van der Waals surface area contributed by atoms with Gasteiger partial charge in [0.1, 0.15) is 0 Å². The van der Waals surface area contributed by atoms with Gasteiger partial charge in [-0.3, -0.25) is 0 Å². The van der Waals surface area contributed by atoms with Crippen LogP contribution >= 0.6 is 9.03 Å². The van der Waals surface area contributed by atoms with E-state index in [1.54, 1.807) is 0 Å². The Kier molecular flexibility index (Phi) is 10.7. The quantitative estimate of drug-likeness (QED) is 0.457. The van der Waals surface area contributed by atoms with Crippen molar-refractivity contribution in [2.75, 3.05) is 6.61 Å². The van der Waals surface area contributed by atoms with Gasteiger partial charge in [-0.25, -0.2) is 0 Å². The molecule has 0 aliphatic carbocycles. The maximum Gasteiger partial charge on any atom is 0.152 e. The van der Waals surface area contributed by atoms with Crippen LogP contribution in [0.15, 0.2) is 0 Å². The lowest BCUT2D eigenvalue weighted by molar-refractivity contribution is 0.313. The number of hydrogen-bond donors (Lipinski definition) is 1. The third-order valence-corrected chi connectivity index (χ3v) is 2.00. The summed E-state index contributed by atoms with van der Waals surface area (Å²) in [6, 6.07) is 0. The first kappa shape index (κ1) is 11.4. The zero-order valence-corrected chi connectivity index (χ0v) is 8.31. The smallest absolute Gasteiger partial charge is 0.152 e. The molecule has 0 aromatic heterocycles. The standard InChI is InChI=1S/C8H19O2P/c1-2-3-4-5-6-7-8-10-11-9/h9,11H,2-8H2,1H3. The van der Waals surface area contributed by atoms with Crippen LogP contribution in [0.4, 0.5) is 0 Å². The molecule has 0 aromatic rings. The minimum atomic E-state index is -0.330. The summed E-state index contributed by atoms with van der Waals surface area (Å²) in [4.78, 5) is 8.31. The summed E-state index contributed by atoms with van der Waals surface area (Å²) < 4.78 is 4.82. The molecular weight excluding hydrogens is 159 g/mol. The Morgan fingerprint density at radius 3 is 2.36 bits per heavy atom. The average Bonchev–Trinajstić information content (AvgIpc) is 2.03. The van der Waals surface area contributed by atoms with Gasteiger partial charge in [-0.2, -0.15) is 0 Å². The van der Waals surface area contributed by atoms with Crippen molar-refractivity contribution < 1.29 is 9.42 Å². The summed E-state index contributed by atoms with van der Waals surface area (Å²) >= 11 is 0. The van der Waals surface area contributed by atoms with E-state index in [1.165, 1.54) is 32.1 Å². The maximum absolute atomic E-state index is 8.31. The van der Waals surface area contributed by atoms with Gasteiger partial charge >= 0.3 is 0 Å². The van der Waals surface area contributed by atoms with E-state index in [9.17, 15) is 0 Å². The molecule has 0 heterocycles.